The number of aliphatic imine (C=N–C) groups is 1. The molecule has 1 aromatic rings. The van der Waals surface area contributed by atoms with Gasteiger partial charge in [-0.25, -0.2) is 4.79 Å². The van der Waals surface area contributed by atoms with E-state index in [1.807, 2.05) is 17.9 Å². The number of amidine groups is 1. The van der Waals surface area contributed by atoms with Crippen LogP contribution in [0, 0.1) is 0 Å². The molecule has 0 fully saturated rings. The number of amides is 2. The minimum Gasteiger partial charge on any atom is -0.385 e. The summed E-state index contributed by atoms with van der Waals surface area (Å²) in [5.41, 5.74) is 8.09. The third kappa shape index (κ3) is 1.46. The van der Waals surface area contributed by atoms with Gasteiger partial charge in [0.1, 0.15) is 11.4 Å². The fourth-order valence-electron chi connectivity index (χ4n) is 3.53. The minimum absolute atomic E-state index is 0.204. The summed E-state index contributed by atoms with van der Waals surface area (Å²) in [6.45, 7) is 4.84. The smallest absolute Gasteiger partial charge is 0.346 e. The maximum Gasteiger partial charge on any atom is 0.346 e. The van der Waals surface area contributed by atoms with Crippen LogP contribution in [0.2, 0.25) is 0 Å². The Balaban J connectivity index is 2.23. The van der Waals surface area contributed by atoms with E-state index >= 15 is 0 Å². The van der Waals surface area contributed by atoms with E-state index in [9.17, 15) is 4.79 Å². The SMILES string of the molecule is CCN1C(=O)N=C(N)C12CCC(C)c1ccccc12. The number of nitrogens with two attached hydrogens (primary N) is 1. The number of rotatable bonds is 1. The van der Waals surface area contributed by atoms with Crippen molar-refractivity contribution in [3.05, 3.63) is 35.4 Å². The normalized spacial score (nSPS) is 29.6. The van der Waals surface area contributed by atoms with Crippen molar-refractivity contribution in [1.29, 1.82) is 0 Å². The third-order valence-corrected chi connectivity index (χ3v) is 4.52. The number of fused-ring (bicyclic) bond motifs is 2. The lowest BCUT2D eigenvalue weighted by atomic mass is 9.71. The molecule has 0 aromatic heterocycles. The molecule has 100 valence electrons. The van der Waals surface area contributed by atoms with Gasteiger partial charge in [0.05, 0.1) is 0 Å². The Bertz CT molecular complexity index is 566. The molecule has 2 unspecified atom stereocenters. The molecule has 4 nitrogen and oxygen atoms in total. The fourth-order valence-corrected chi connectivity index (χ4v) is 3.53. The van der Waals surface area contributed by atoms with Crippen LogP contribution in [0.3, 0.4) is 0 Å². The van der Waals surface area contributed by atoms with E-state index in [1.54, 1.807) is 0 Å². The summed E-state index contributed by atoms with van der Waals surface area (Å²) >= 11 is 0. The molecular weight excluding hydrogens is 238 g/mol. The predicted molar refractivity (Wildman–Crippen MR) is 75.2 cm³/mol. The molecule has 19 heavy (non-hydrogen) atoms. The number of nitrogens with zero attached hydrogens (tertiary/aromatic N) is 2. The van der Waals surface area contributed by atoms with Crippen molar-refractivity contribution in [2.75, 3.05) is 6.54 Å². The van der Waals surface area contributed by atoms with Gasteiger partial charge in [-0.1, -0.05) is 31.2 Å². The second-order valence-corrected chi connectivity index (χ2v) is 5.41. The second kappa shape index (κ2) is 4.08. The lowest BCUT2D eigenvalue weighted by Gasteiger charge is -2.43. The van der Waals surface area contributed by atoms with Gasteiger partial charge in [0.15, 0.2) is 0 Å². The van der Waals surface area contributed by atoms with Crippen molar-refractivity contribution in [2.24, 2.45) is 10.7 Å². The van der Waals surface area contributed by atoms with E-state index in [0.29, 0.717) is 18.3 Å². The first kappa shape index (κ1) is 12.2. The lowest BCUT2D eigenvalue weighted by Crippen LogP contribution is -2.53. The van der Waals surface area contributed by atoms with Crippen molar-refractivity contribution in [3.8, 4) is 0 Å². The number of likely N-dealkylation sites (N-methyl/N-ethyl adjacent to an activating group) is 1. The average Bonchev–Trinajstić information content (AvgIpc) is 2.66. The highest BCUT2D eigenvalue weighted by Crippen LogP contribution is 2.47. The molecule has 3 rings (SSSR count). The van der Waals surface area contributed by atoms with Crippen LogP contribution in [-0.4, -0.2) is 23.3 Å². The van der Waals surface area contributed by atoms with Crippen molar-refractivity contribution in [3.63, 3.8) is 0 Å². The van der Waals surface area contributed by atoms with Crippen LogP contribution in [0.25, 0.3) is 0 Å². The summed E-state index contributed by atoms with van der Waals surface area (Å²) < 4.78 is 0. The molecule has 4 heteroatoms. The molecule has 1 aliphatic carbocycles. The van der Waals surface area contributed by atoms with Crippen LogP contribution < -0.4 is 5.73 Å². The molecule has 2 N–H and O–H groups in total. The average molecular weight is 257 g/mol. The zero-order valence-electron chi connectivity index (χ0n) is 11.4. The molecule has 0 bridgehead atoms. The molecule has 1 heterocycles. The van der Waals surface area contributed by atoms with Crippen LogP contribution >= 0.6 is 0 Å². The van der Waals surface area contributed by atoms with Gasteiger partial charge in [-0.3, -0.25) is 0 Å². The van der Waals surface area contributed by atoms with Crippen molar-refractivity contribution < 1.29 is 4.79 Å². The number of urea groups is 1. The van der Waals surface area contributed by atoms with E-state index in [2.05, 4.69) is 30.1 Å². The topological polar surface area (TPSA) is 58.7 Å². The Kier molecular flexibility index (Phi) is 2.62. The Morgan fingerprint density at radius 2 is 2.21 bits per heavy atom. The number of hydrogen-bond acceptors (Lipinski definition) is 2. The first-order valence-corrected chi connectivity index (χ1v) is 6.87. The molecule has 1 aliphatic heterocycles. The summed E-state index contributed by atoms with van der Waals surface area (Å²) in [5, 5.41) is 0. The summed E-state index contributed by atoms with van der Waals surface area (Å²) in [4.78, 5) is 17.9. The minimum atomic E-state index is -0.505. The van der Waals surface area contributed by atoms with Gasteiger partial charge in [-0.15, -0.1) is 0 Å². The van der Waals surface area contributed by atoms with Gasteiger partial charge in [-0.2, -0.15) is 4.99 Å². The maximum absolute atomic E-state index is 12.0. The fraction of sp³-hybridized carbons (Fsp3) is 0.467. The highest BCUT2D eigenvalue weighted by atomic mass is 16.2. The monoisotopic (exact) mass is 257 g/mol. The second-order valence-electron chi connectivity index (χ2n) is 5.41. The largest absolute Gasteiger partial charge is 0.385 e. The van der Waals surface area contributed by atoms with E-state index in [-0.39, 0.29) is 6.03 Å². The third-order valence-electron chi connectivity index (χ3n) is 4.52. The van der Waals surface area contributed by atoms with Crippen molar-refractivity contribution in [2.45, 2.75) is 38.1 Å². The van der Waals surface area contributed by atoms with E-state index in [1.165, 1.54) is 5.56 Å². The predicted octanol–water partition coefficient (Wildman–Crippen LogP) is 2.59. The van der Waals surface area contributed by atoms with E-state index in [4.69, 9.17) is 5.73 Å². The first-order valence-electron chi connectivity index (χ1n) is 6.87. The number of hydrogen-bond donors (Lipinski definition) is 1. The number of carbonyl (C=O) groups is 1. The Labute approximate surface area is 113 Å². The highest BCUT2D eigenvalue weighted by molar-refractivity contribution is 6.06. The van der Waals surface area contributed by atoms with Gasteiger partial charge in [0.2, 0.25) is 0 Å². The summed E-state index contributed by atoms with van der Waals surface area (Å²) in [6, 6.07) is 8.10. The molecule has 0 saturated carbocycles. The van der Waals surface area contributed by atoms with Crippen molar-refractivity contribution in [1.82, 2.24) is 4.90 Å². The van der Waals surface area contributed by atoms with Gasteiger partial charge in [0.25, 0.3) is 0 Å². The Hall–Kier alpha value is -1.84. The van der Waals surface area contributed by atoms with Crippen LogP contribution in [0.15, 0.2) is 29.3 Å². The highest BCUT2D eigenvalue weighted by Gasteiger charge is 2.51. The van der Waals surface area contributed by atoms with Crippen LogP contribution in [0.4, 0.5) is 4.79 Å². The van der Waals surface area contributed by atoms with Gasteiger partial charge >= 0.3 is 6.03 Å². The summed E-state index contributed by atoms with van der Waals surface area (Å²) in [5.74, 6) is 0.961. The van der Waals surface area contributed by atoms with Crippen molar-refractivity contribution >= 4 is 11.9 Å². The molecule has 1 aromatic carbocycles. The molecule has 0 saturated heterocycles. The molecule has 1 spiro atoms. The van der Waals surface area contributed by atoms with E-state index < -0.39 is 5.54 Å². The van der Waals surface area contributed by atoms with Gasteiger partial charge in [0, 0.05) is 6.54 Å². The molecule has 0 radical (unpaired) electrons. The number of carbonyl (C=O) groups excluding carboxylic acids is 1. The van der Waals surface area contributed by atoms with Crippen LogP contribution in [0.5, 0.6) is 0 Å². The molecule has 2 amide bonds. The molecule has 2 atom stereocenters. The summed E-state index contributed by atoms with van der Waals surface area (Å²) in [6.07, 6.45) is 1.89. The van der Waals surface area contributed by atoms with Crippen LogP contribution in [-0.2, 0) is 5.54 Å². The molecule has 2 aliphatic rings. The Morgan fingerprint density at radius 3 is 2.95 bits per heavy atom. The zero-order valence-corrected chi connectivity index (χ0v) is 11.4. The maximum atomic E-state index is 12.0. The Morgan fingerprint density at radius 1 is 1.47 bits per heavy atom. The number of benzene rings is 1. The van der Waals surface area contributed by atoms with Crippen LogP contribution in [0.1, 0.15) is 43.7 Å². The lowest BCUT2D eigenvalue weighted by molar-refractivity contribution is 0.161. The van der Waals surface area contributed by atoms with Gasteiger partial charge in [-0.05, 0) is 36.8 Å². The molecular formula is C15H19N3O. The van der Waals surface area contributed by atoms with E-state index in [0.717, 1.165) is 18.4 Å². The standard InChI is InChI=1S/C15H19N3O/c1-3-18-14(19)17-13(16)15(18)9-8-10(2)11-6-4-5-7-12(11)15/h4-7,10H,3,8-9H2,1-2H3,(H2,16,17,19). The van der Waals surface area contributed by atoms with Gasteiger partial charge < -0.3 is 10.6 Å². The summed E-state index contributed by atoms with van der Waals surface area (Å²) in [7, 11) is 0. The zero-order chi connectivity index (χ0) is 13.6. The first-order chi connectivity index (χ1) is 9.11. The quantitative estimate of drug-likeness (QED) is 0.840.